The first-order valence-electron chi connectivity index (χ1n) is 8.87. The van der Waals surface area contributed by atoms with Gasteiger partial charge in [-0.25, -0.2) is 9.18 Å². The molecular formula is C20H20F4N2O4. The first-order chi connectivity index (χ1) is 14.1. The van der Waals surface area contributed by atoms with Crippen molar-refractivity contribution in [2.75, 3.05) is 13.7 Å². The van der Waals surface area contributed by atoms with E-state index in [4.69, 9.17) is 14.6 Å². The number of hydrogen-bond acceptors (Lipinski definition) is 4. The number of benzene rings is 1. The van der Waals surface area contributed by atoms with Crippen molar-refractivity contribution in [2.45, 2.75) is 32.2 Å². The summed E-state index contributed by atoms with van der Waals surface area (Å²) in [5.41, 5.74) is 4.09. The first kappa shape index (κ1) is 23.3. The number of rotatable bonds is 4. The van der Waals surface area contributed by atoms with Gasteiger partial charge in [0.2, 0.25) is 5.91 Å². The number of carbonyl (C=O) groups excluding carboxylic acids is 1. The highest BCUT2D eigenvalue weighted by molar-refractivity contribution is 5.79. The number of methoxy groups -OCH3 is 1. The maximum absolute atomic E-state index is 13.2. The van der Waals surface area contributed by atoms with Gasteiger partial charge in [-0.1, -0.05) is 12.1 Å². The van der Waals surface area contributed by atoms with Crippen LogP contribution in [0, 0.1) is 5.82 Å². The number of ether oxygens (including phenoxy) is 1. The summed E-state index contributed by atoms with van der Waals surface area (Å²) >= 11 is 0. The molecule has 0 spiro atoms. The molecule has 0 saturated carbocycles. The number of carboxylic acid groups (broad SMARTS) is 1. The van der Waals surface area contributed by atoms with Crippen LogP contribution < -0.4 is 0 Å². The Balaban J connectivity index is 0.000000396. The Morgan fingerprint density at radius 1 is 1.27 bits per heavy atom. The molecule has 1 N–H and O–H groups in total. The second-order valence-electron chi connectivity index (χ2n) is 6.54. The average molecular weight is 428 g/mol. The van der Waals surface area contributed by atoms with Crippen molar-refractivity contribution in [3.05, 3.63) is 64.7 Å². The number of pyridine rings is 1. The van der Waals surface area contributed by atoms with Crippen molar-refractivity contribution >= 4 is 11.9 Å². The molecule has 162 valence electrons. The maximum Gasteiger partial charge on any atom is 0.490 e. The summed E-state index contributed by atoms with van der Waals surface area (Å²) in [6.45, 7) is 1.75. The minimum Gasteiger partial charge on any atom is -0.475 e. The third-order valence-electron chi connectivity index (χ3n) is 4.37. The van der Waals surface area contributed by atoms with E-state index in [0.717, 1.165) is 17.5 Å². The predicted octanol–water partition coefficient (Wildman–Crippen LogP) is 3.13. The van der Waals surface area contributed by atoms with Gasteiger partial charge in [0.25, 0.3) is 0 Å². The number of alkyl halides is 3. The predicted molar refractivity (Wildman–Crippen MR) is 97.9 cm³/mol. The topological polar surface area (TPSA) is 79.7 Å². The summed E-state index contributed by atoms with van der Waals surface area (Å²) in [6, 6.07) is 6.20. The minimum absolute atomic E-state index is 0.0124. The van der Waals surface area contributed by atoms with Gasteiger partial charge in [-0.2, -0.15) is 13.2 Å². The van der Waals surface area contributed by atoms with Crippen molar-refractivity contribution in [3.8, 4) is 0 Å². The molecule has 30 heavy (non-hydrogen) atoms. The van der Waals surface area contributed by atoms with Crippen molar-refractivity contribution in [3.63, 3.8) is 0 Å². The van der Waals surface area contributed by atoms with Gasteiger partial charge < -0.3 is 14.7 Å². The fraction of sp³-hybridized carbons (Fsp3) is 0.350. The summed E-state index contributed by atoms with van der Waals surface area (Å²) in [5.74, 6) is -3.06. The Kier molecular flexibility index (Phi) is 7.87. The monoisotopic (exact) mass is 428 g/mol. The van der Waals surface area contributed by atoms with E-state index in [9.17, 15) is 22.4 Å². The van der Waals surface area contributed by atoms with E-state index in [1.54, 1.807) is 19.2 Å². The van der Waals surface area contributed by atoms with Gasteiger partial charge >= 0.3 is 12.1 Å². The Morgan fingerprint density at radius 2 is 1.97 bits per heavy atom. The van der Waals surface area contributed by atoms with Crippen molar-refractivity contribution in [2.24, 2.45) is 0 Å². The van der Waals surface area contributed by atoms with E-state index in [1.807, 2.05) is 17.3 Å². The van der Waals surface area contributed by atoms with Crippen LogP contribution in [0.25, 0.3) is 0 Å². The zero-order chi connectivity index (χ0) is 22.3. The smallest absolute Gasteiger partial charge is 0.475 e. The van der Waals surface area contributed by atoms with E-state index in [1.165, 1.54) is 17.7 Å². The lowest BCUT2D eigenvalue weighted by Crippen LogP contribution is -2.37. The number of fused-ring (bicyclic) bond motifs is 1. The molecule has 0 unspecified atom stereocenters. The Morgan fingerprint density at radius 3 is 2.57 bits per heavy atom. The van der Waals surface area contributed by atoms with Crippen LogP contribution in [0.5, 0.6) is 0 Å². The quantitative estimate of drug-likeness (QED) is 0.757. The fourth-order valence-electron chi connectivity index (χ4n) is 2.99. The van der Waals surface area contributed by atoms with Crippen LogP contribution in [0.4, 0.5) is 17.6 Å². The van der Waals surface area contributed by atoms with Gasteiger partial charge in [0.1, 0.15) is 5.82 Å². The highest BCUT2D eigenvalue weighted by Crippen LogP contribution is 2.23. The molecule has 0 atom stereocenters. The summed E-state index contributed by atoms with van der Waals surface area (Å²) in [5, 5.41) is 7.12. The normalized spacial score (nSPS) is 13.2. The Labute approximate surface area is 170 Å². The fourth-order valence-corrected chi connectivity index (χ4v) is 2.99. The molecule has 2 aromatic rings. The molecule has 6 nitrogen and oxygen atoms in total. The second kappa shape index (κ2) is 10.1. The molecule has 0 bridgehead atoms. The highest BCUT2D eigenvalue weighted by Gasteiger charge is 2.38. The van der Waals surface area contributed by atoms with Crippen LogP contribution in [0.2, 0.25) is 0 Å². The van der Waals surface area contributed by atoms with Crippen LogP contribution in [-0.2, 0) is 40.3 Å². The molecule has 3 rings (SSSR count). The van der Waals surface area contributed by atoms with Crippen LogP contribution >= 0.6 is 0 Å². The number of hydrogen-bond donors (Lipinski definition) is 1. The molecule has 0 aliphatic carbocycles. The van der Waals surface area contributed by atoms with Gasteiger partial charge in [0, 0.05) is 32.6 Å². The van der Waals surface area contributed by atoms with Crippen LogP contribution in [0.15, 0.2) is 36.7 Å². The summed E-state index contributed by atoms with van der Waals surface area (Å²) < 4.78 is 50.2. The second-order valence-corrected chi connectivity index (χ2v) is 6.54. The number of aliphatic carboxylic acids is 1. The van der Waals surface area contributed by atoms with Gasteiger partial charge in [-0.15, -0.1) is 0 Å². The molecule has 2 heterocycles. The number of nitrogens with zero attached hydrogens (tertiary/aromatic N) is 2. The van der Waals surface area contributed by atoms with Crippen molar-refractivity contribution in [1.82, 2.24) is 9.88 Å². The SMILES string of the molecule is COCc1cncc2c1CCN(C(=O)Cc1cccc(F)c1)C2.O=C(O)C(F)(F)F. The largest absolute Gasteiger partial charge is 0.490 e. The average Bonchev–Trinajstić information content (AvgIpc) is 2.68. The molecule has 0 fully saturated rings. The van der Waals surface area contributed by atoms with Gasteiger partial charge in [0.05, 0.1) is 13.0 Å². The summed E-state index contributed by atoms with van der Waals surface area (Å²) in [4.78, 5) is 27.4. The Hall–Kier alpha value is -3.01. The van der Waals surface area contributed by atoms with E-state index in [0.29, 0.717) is 25.3 Å². The van der Waals surface area contributed by atoms with Crippen molar-refractivity contribution in [1.29, 1.82) is 0 Å². The van der Waals surface area contributed by atoms with Gasteiger partial charge in [-0.3, -0.25) is 9.78 Å². The lowest BCUT2D eigenvalue weighted by atomic mass is 9.97. The maximum atomic E-state index is 13.2. The molecule has 0 saturated heterocycles. The lowest BCUT2D eigenvalue weighted by molar-refractivity contribution is -0.192. The zero-order valence-electron chi connectivity index (χ0n) is 16.1. The van der Waals surface area contributed by atoms with E-state index >= 15 is 0 Å². The van der Waals surface area contributed by atoms with E-state index < -0.39 is 12.1 Å². The number of carboxylic acids is 1. The van der Waals surface area contributed by atoms with E-state index in [2.05, 4.69) is 4.98 Å². The summed E-state index contributed by atoms with van der Waals surface area (Å²) in [7, 11) is 1.66. The number of aromatic nitrogens is 1. The summed E-state index contributed by atoms with van der Waals surface area (Å²) in [6.07, 6.45) is -0.424. The number of carbonyl (C=O) groups is 2. The van der Waals surface area contributed by atoms with Crippen LogP contribution in [0.1, 0.15) is 22.3 Å². The molecule has 0 radical (unpaired) electrons. The van der Waals surface area contributed by atoms with Crippen LogP contribution in [0.3, 0.4) is 0 Å². The molecule has 1 amide bonds. The van der Waals surface area contributed by atoms with Gasteiger partial charge in [-0.05, 0) is 40.8 Å². The minimum atomic E-state index is -5.08. The Bertz CT molecular complexity index is 903. The standard InChI is InChI=1S/C18H19FN2O2.C2HF3O2/c1-23-12-15-10-20-9-14-11-21(6-5-17(14)15)18(22)8-13-3-2-4-16(19)7-13;3-2(4,5)1(6)7/h2-4,7,9-10H,5-6,8,11-12H2,1H3;(H,6,7). The third kappa shape index (κ3) is 6.51. The molecule has 1 aromatic carbocycles. The number of halogens is 4. The van der Waals surface area contributed by atoms with Crippen molar-refractivity contribution < 1.29 is 37.0 Å². The molecule has 1 aliphatic rings. The molecule has 1 aliphatic heterocycles. The lowest BCUT2D eigenvalue weighted by Gasteiger charge is -2.30. The molecule has 1 aromatic heterocycles. The van der Waals surface area contributed by atoms with Crippen LogP contribution in [-0.4, -0.2) is 46.7 Å². The molecular weight excluding hydrogens is 408 g/mol. The number of amides is 1. The molecule has 10 heteroatoms. The third-order valence-corrected chi connectivity index (χ3v) is 4.37. The first-order valence-corrected chi connectivity index (χ1v) is 8.87. The van der Waals surface area contributed by atoms with E-state index in [-0.39, 0.29) is 18.1 Å². The zero-order valence-corrected chi connectivity index (χ0v) is 16.1. The highest BCUT2D eigenvalue weighted by atomic mass is 19.4. The van der Waals surface area contributed by atoms with Gasteiger partial charge in [0.15, 0.2) is 0 Å².